The van der Waals surface area contributed by atoms with Crippen molar-refractivity contribution in [1.82, 2.24) is 4.90 Å². The topological polar surface area (TPSA) is 107 Å². The molecule has 1 saturated carbocycles. The fourth-order valence-electron chi connectivity index (χ4n) is 3.92. The molecule has 0 radical (unpaired) electrons. The Morgan fingerprint density at radius 3 is 2.32 bits per heavy atom. The molecule has 7 nitrogen and oxygen atoms in total. The first-order valence-corrected chi connectivity index (χ1v) is 10.3. The fourth-order valence-corrected chi connectivity index (χ4v) is 4.21. The van der Waals surface area contributed by atoms with Crippen molar-refractivity contribution < 1.29 is 23.9 Å². The number of carbonyl (C=O) groups excluding carboxylic acids is 4. The molecule has 0 aromatic heterocycles. The molecule has 1 unspecified atom stereocenters. The minimum atomic E-state index is -1.19. The number of likely N-dealkylation sites (N-methyl/N-ethyl adjacent to an activating group) is 1. The van der Waals surface area contributed by atoms with E-state index < -0.39 is 29.9 Å². The molecular formula is C23H23ClN2O5. The lowest BCUT2D eigenvalue weighted by atomic mass is 9.74. The highest BCUT2D eigenvalue weighted by molar-refractivity contribution is 6.31. The number of amides is 2. The summed E-state index contributed by atoms with van der Waals surface area (Å²) in [4.78, 5) is 50.8. The lowest BCUT2D eigenvalue weighted by molar-refractivity contribution is -0.150. The molecule has 0 spiro atoms. The third-order valence-corrected chi connectivity index (χ3v) is 5.98. The fraction of sp³-hybridized carbons (Fsp3) is 0.304. The van der Waals surface area contributed by atoms with Crippen LogP contribution >= 0.6 is 11.6 Å². The molecule has 0 saturated heterocycles. The average Bonchev–Trinajstić information content (AvgIpc) is 2.77. The van der Waals surface area contributed by atoms with Crippen LogP contribution < -0.4 is 5.73 Å². The predicted octanol–water partition coefficient (Wildman–Crippen LogP) is 3.09. The molecule has 0 heterocycles. The number of hydrogen-bond acceptors (Lipinski definition) is 5. The highest BCUT2D eigenvalue weighted by atomic mass is 35.5. The van der Waals surface area contributed by atoms with E-state index in [1.54, 1.807) is 24.3 Å². The van der Waals surface area contributed by atoms with Crippen LogP contribution in [0.2, 0.25) is 5.02 Å². The van der Waals surface area contributed by atoms with Crippen LogP contribution in [-0.2, 0) is 19.9 Å². The first-order valence-electron chi connectivity index (χ1n) is 9.89. The van der Waals surface area contributed by atoms with Crippen molar-refractivity contribution in [3.8, 4) is 0 Å². The van der Waals surface area contributed by atoms with E-state index >= 15 is 0 Å². The second-order valence-electron chi connectivity index (χ2n) is 7.44. The number of halogens is 1. The van der Waals surface area contributed by atoms with Gasteiger partial charge in [0.25, 0.3) is 5.91 Å². The van der Waals surface area contributed by atoms with Crippen molar-refractivity contribution in [3.05, 3.63) is 70.2 Å². The van der Waals surface area contributed by atoms with Gasteiger partial charge in [0.2, 0.25) is 5.91 Å². The molecule has 0 aliphatic heterocycles. The molecule has 1 aliphatic rings. The van der Waals surface area contributed by atoms with Crippen LogP contribution in [0.1, 0.15) is 52.0 Å². The van der Waals surface area contributed by atoms with Crippen LogP contribution in [0.5, 0.6) is 0 Å². The Morgan fingerprint density at radius 1 is 1.06 bits per heavy atom. The average molecular weight is 443 g/mol. The number of nitrogens with two attached hydrogens (primary N) is 1. The summed E-state index contributed by atoms with van der Waals surface area (Å²) in [6, 6.07) is 12.6. The zero-order valence-electron chi connectivity index (χ0n) is 17.1. The quantitative estimate of drug-likeness (QED) is 0.692. The number of esters is 1. The van der Waals surface area contributed by atoms with Gasteiger partial charge in [-0.3, -0.25) is 14.4 Å². The standard InChI is InChI=1S/C23H23ClN2O5/c1-26(20(28)14-31-22(30)16-11-9-15(10-12-16)21(25)29)23(13-5-4-8-19(23)27)17-6-2-3-7-18(17)24/h2-3,6-7,9-12H,4-5,8,13-14H2,1H3,(H2,25,29). The summed E-state index contributed by atoms with van der Waals surface area (Å²) in [5, 5.41) is 0.406. The van der Waals surface area contributed by atoms with Gasteiger partial charge in [-0.2, -0.15) is 0 Å². The van der Waals surface area contributed by atoms with E-state index in [-0.39, 0.29) is 16.9 Å². The molecule has 31 heavy (non-hydrogen) atoms. The van der Waals surface area contributed by atoms with Gasteiger partial charge >= 0.3 is 5.97 Å². The van der Waals surface area contributed by atoms with E-state index in [1.165, 1.54) is 36.2 Å². The molecule has 2 amide bonds. The largest absolute Gasteiger partial charge is 0.452 e. The number of hydrogen-bond donors (Lipinski definition) is 1. The lowest BCUT2D eigenvalue weighted by Gasteiger charge is -2.43. The van der Waals surface area contributed by atoms with E-state index in [4.69, 9.17) is 22.1 Å². The lowest BCUT2D eigenvalue weighted by Crippen LogP contribution is -2.55. The maximum absolute atomic E-state index is 13.1. The van der Waals surface area contributed by atoms with Gasteiger partial charge in [-0.05, 0) is 49.6 Å². The molecule has 2 aromatic rings. The van der Waals surface area contributed by atoms with Crippen molar-refractivity contribution in [3.63, 3.8) is 0 Å². The van der Waals surface area contributed by atoms with Crippen LogP contribution in [0.15, 0.2) is 48.5 Å². The second-order valence-corrected chi connectivity index (χ2v) is 7.85. The minimum absolute atomic E-state index is 0.0870. The highest BCUT2D eigenvalue weighted by Crippen LogP contribution is 2.42. The maximum atomic E-state index is 13.1. The van der Waals surface area contributed by atoms with Gasteiger partial charge in [0.05, 0.1) is 5.56 Å². The molecule has 3 rings (SSSR count). The van der Waals surface area contributed by atoms with E-state index in [0.29, 0.717) is 23.4 Å². The van der Waals surface area contributed by atoms with Crippen LogP contribution in [0, 0.1) is 0 Å². The van der Waals surface area contributed by atoms with E-state index in [9.17, 15) is 19.2 Å². The summed E-state index contributed by atoms with van der Waals surface area (Å²) in [6.45, 7) is -0.535. The van der Waals surface area contributed by atoms with Gasteiger partial charge in [0.15, 0.2) is 12.4 Å². The number of benzene rings is 2. The number of ketones is 1. The Hall–Kier alpha value is -3.19. The summed E-state index contributed by atoms with van der Waals surface area (Å²) in [5.74, 6) is -1.94. The number of nitrogens with zero attached hydrogens (tertiary/aromatic N) is 1. The number of rotatable bonds is 6. The first-order chi connectivity index (χ1) is 14.8. The Morgan fingerprint density at radius 2 is 1.71 bits per heavy atom. The second kappa shape index (κ2) is 9.31. The SMILES string of the molecule is CN(C(=O)COC(=O)c1ccc(C(N)=O)cc1)C1(c2ccccc2Cl)CCCCC1=O. The molecule has 1 atom stereocenters. The highest BCUT2D eigenvalue weighted by Gasteiger charge is 2.48. The summed E-state index contributed by atoms with van der Waals surface area (Å²) < 4.78 is 5.16. The van der Waals surface area contributed by atoms with Crippen LogP contribution in [0.4, 0.5) is 0 Å². The number of Topliss-reactive ketones (excluding diaryl/α,β-unsaturated/α-hetero) is 1. The Bertz CT molecular complexity index is 1020. The number of ether oxygens (including phenoxy) is 1. The molecule has 2 aromatic carbocycles. The van der Waals surface area contributed by atoms with Crippen LogP contribution in [0.25, 0.3) is 0 Å². The first kappa shape index (κ1) is 22.5. The molecule has 1 fully saturated rings. The Kier molecular flexibility index (Phi) is 6.75. The molecular weight excluding hydrogens is 420 g/mol. The number of primary amides is 1. The predicted molar refractivity (Wildman–Crippen MR) is 115 cm³/mol. The van der Waals surface area contributed by atoms with Gasteiger partial charge in [-0.15, -0.1) is 0 Å². The van der Waals surface area contributed by atoms with E-state index in [0.717, 1.165) is 12.8 Å². The van der Waals surface area contributed by atoms with Gasteiger partial charge in [0.1, 0.15) is 5.54 Å². The molecule has 8 heteroatoms. The van der Waals surface area contributed by atoms with E-state index in [1.807, 2.05) is 0 Å². The van der Waals surface area contributed by atoms with Crippen molar-refractivity contribution in [2.75, 3.05) is 13.7 Å². The van der Waals surface area contributed by atoms with Gasteiger partial charge in [-0.1, -0.05) is 29.8 Å². The summed E-state index contributed by atoms with van der Waals surface area (Å²) in [7, 11) is 1.53. The monoisotopic (exact) mass is 442 g/mol. The molecule has 0 bridgehead atoms. The Balaban J connectivity index is 1.77. The Labute approximate surface area is 185 Å². The third-order valence-electron chi connectivity index (χ3n) is 5.65. The zero-order valence-corrected chi connectivity index (χ0v) is 17.9. The van der Waals surface area contributed by atoms with Gasteiger partial charge in [0, 0.05) is 29.6 Å². The molecule has 162 valence electrons. The summed E-state index contributed by atoms with van der Waals surface area (Å²) in [5.41, 5.74) is 5.00. The smallest absolute Gasteiger partial charge is 0.338 e. The van der Waals surface area contributed by atoms with Crippen LogP contribution in [-0.4, -0.2) is 42.1 Å². The zero-order chi connectivity index (χ0) is 22.6. The van der Waals surface area contributed by atoms with Crippen molar-refractivity contribution in [2.45, 2.75) is 31.2 Å². The maximum Gasteiger partial charge on any atom is 0.338 e. The van der Waals surface area contributed by atoms with E-state index in [2.05, 4.69) is 0 Å². The van der Waals surface area contributed by atoms with Gasteiger partial charge < -0.3 is 15.4 Å². The third kappa shape index (κ3) is 4.46. The van der Waals surface area contributed by atoms with Gasteiger partial charge in [-0.25, -0.2) is 4.79 Å². The molecule has 1 aliphatic carbocycles. The van der Waals surface area contributed by atoms with Crippen molar-refractivity contribution in [2.24, 2.45) is 5.73 Å². The normalized spacial score (nSPS) is 18.3. The minimum Gasteiger partial charge on any atom is -0.452 e. The summed E-state index contributed by atoms with van der Waals surface area (Å²) >= 11 is 6.40. The summed E-state index contributed by atoms with van der Waals surface area (Å²) in [6.07, 6.45) is 2.30. The van der Waals surface area contributed by atoms with Crippen molar-refractivity contribution >= 4 is 35.2 Å². The molecule has 2 N–H and O–H groups in total. The number of carbonyl (C=O) groups is 4. The van der Waals surface area contributed by atoms with Crippen LogP contribution in [0.3, 0.4) is 0 Å². The van der Waals surface area contributed by atoms with Crippen molar-refractivity contribution in [1.29, 1.82) is 0 Å².